The Labute approximate surface area is 95.6 Å². The molecule has 82 valence electrons. The minimum atomic E-state index is 0.772. The second-order valence-electron chi connectivity index (χ2n) is 4.16. The molecule has 0 saturated carbocycles. The Balaban J connectivity index is 1.97. The average molecular weight is 232 g/mol. The van der Waals surface area contributed by atoms with Gasteiger partial charge in [-0.05, 0) is 13.2 Å². The highest BCUT2D eigenvalue weighted by Gasteiger charge is 2.34. The molecular formula is C10H20N2S2. The first kappa shape index (κ1) is 11.1. The van der Waals surface area contributed by atoms with Gasteiger partial charge in [0.05, 0.1) is 0 Å². The van der Waals surface area contributed by atoms with Crippen LogP contribution in [0.15, 0.2) is 0 Å². The van der Waals surface area contributed by atoms with Crippen molar-refractivity contribution in [3.8, 4) is 0 Å². The van der Waals surface area contributed by atoms with Gasteiger partial charge in [-0.3, -0.25) is 4.90 Å². The van der Waals surface area contributed by atoms with Crippen LogP contribution in [0.3, 0.4) is 0 Å². The van der Waals surface area contributed by atoms with Gasteiger partial charge in [0.2, 0.25) is 0 Å². The minimum Gasteiger partial charge on any atom is -0.314 e. The zero-order valence-electron chi connectivity index (χ0n) is 9.03. The second-order valence-corrected chi connectivity index (χ2v) is 6.39. The molecule has 2 aliphatic rings. The van der Waals surface area contributed by atoms with E-state index < -0.39 is 0 Å². The van der Waals surface area contributed by atoms with Crippen LogP contribution in [0, 0.1) is 0 Å². The van der Waals surface area contributed by atoms with Gasteiger partial charge in [-0.15, -0.1) is 0 Å². The van der Waals surface area contributed by atoms with E-state index in [-0.39, 0.29) is 0 Å². The summed E-state index contributed by atoms with van der Waals surface area (Å²) in [5.41, 5.74) is 0. The van der Waals surface area contributed by atoms with Crippen molar-refractivity contribution in [2.75, 3.05) is 37.4 Å². The van der Waals surface area contributed by atoms with Crippen molar-refractivity contribution in [1.82, 2.24) is 10.2 Å². The fourth-order valence-electron chi connectivity index (χ4n) is 2.44. The Bertz CT molecular complexity index is 189. The van der Waals surface area contributed by atoms with Gasteiger partial charge >= 0.3 is 0 Å². The summed E-state index contributed by atoms with van der Waals surface area (Å²) in [4.78, 5) is 2.72. The van der Waals surface area contributed by atoms with Crippen molar-refractivity contribution < 1.29 is 0 Å². The molecule has 2 saturated heterocycles. The molecule has 2 heterocycles. The zero-order chi connectivity index (χ0) is 9.97. The van der Waals surface area contributed by atoms with Crippen LogP contribution in [0.2, 0.25) is 0 Å². The summed E-state index contributed by atoms with van der Waals surface area (Å²) >= 11 is 4.13. The van der Waals surface area contributed by atoms with Crippen molar-refractivity contribution in [2.45, 2.75) is 24.3 Å². The molecule has 3 unspecified atom stereocenters. The summed E-state index contributed by atoms with van der Waals surface area (Å²) in [5.74, 6) is 2.64. The number of hydrogen-bond acceptors (Lipinski definition) is 4. The number of hydrogen-bond donors (Lipinski definition) is 1. The second kappa shape index (κ2) is 5.10. The standard InChI is InChI=1S/C10H20N2S2/c1-8-7-14-4-3-12(8)9-5-11-6-10(9)13-2/h8-11H,3-7H2,1-2H3. The lowest BCUT2D eigenvalue weighted by molar-refractivity contribution is 0.175. The molecule has 0 amide bonds. The van der Waals surface area contributed by atoms with E-state index in [0.29, 0.717) is 0 Å². The van der Waals surface area contributed by atoms with Crippen molar-refractivity contribution in [1.29, 1.82) is 0 Å². The van der Waals surface area contributed by atoms with Gasteiger partial charge in [0.1, 0.15) is 0 Å². The SMILES string of the molecule is CSC1CNCC1N1CCSCC1C. The predicted octanol–water partition coefficient (Wildman–Crippen LogP) is 1.13. The summed E-state index contributed by atoms with van der Waals surface area (Å²) in [7, 11) is 0. The lowest BCUT2D eigenvalue weighted by atomic mass is 10.1. The number of nitrogens with one attached hydrogen (secondary N) is 1. The van der Waals surface area contributed by atoms with E-state index in [0.717, 1.165) is 17.3 Å². The van der Waals surface area contributed by atoms with E-state index in [4.69, 9.17) is 0 Å². The zero-order valence-corrected chi connectivity index (χ0v) is 10.7. The third kappa shape index (κ3) is 2.23. The molecule has 0 aromatic rings. The molecule has 2 nitrogen and oxygen atoms in total. The number of nitrogens with zero attached hydrogens (tertiary/aromatic N) is 1. The van der Waals surface area contributed by atoms with Gasteiger partial charge in [-0.1, -0.05) is 0 Å². The van der Waals surface area contributed by atoms with Crippen LogP contribution in [-0.4, -0.2) is 59.6 Å². The van der Waals surface area contributed by atoms with Crippen LogP contribution in [0.1, 0.15) is 6.92 Å². The molecule has 2 rings (SSSR count). The highest BCUT2D eigenvalue weighted by atomic mass is 32.2. The Morgan fingerprint density at radius 1 is 1.43 bits per heavy atom. The molecule has 2 aliphatic heterocycles. The van der Waals surface area contributed by atoms with Gasteiger partial charge in [0.15, 0.2) is 0 Å². The van der Waals surface area contributed by atoms with E-state index in [1.807, 2.05) is 11.8 Å². The lowest BCUT2D eigenvalue weighted by Crippen LogP contribution is -2.51. The molecule has 0 aromatic heterocycles. The van der Waals surface area contributed by atoms with E-state index in [9.17, 15) is 0 Å². The van der Waals surface area contributed by atoms with Gasteiger partial charge in [-0.25, -0.2) is 0 Å². The number of thioether (sulfide) groups is 2. The van der Waals surface area contributed by atoms with Gasteiger partial charge in [-0.2, -0.15) is 23.5 Å². The topological polar surface area (TPSA) is 15.3 Å². The molecule has 0 radical (unpaired) electrons. The van der Waals surface area contributed by atoms with Crippen LogP contribution in [0.5, 0.6) is 0 Å². The molecule has 0 aromatic carbocycles. The normalized spacial score (nSPS) is 40.3. The first-order valence-electron chi connectivity index (χ1n) is 5.40. The van der Waals surface area contributed by atoms with Crippen LogP contribution in [-0.2, 0) is 0 Å². The molecule has 3 atom stereocenters. The third-order valence-electron chi connectivity index (χ3n) is 3.28. The fourth-order valence-corrected chi connectivity index (χ4v) is 4.34. The molecular weight excluding hydrogens is 212 g/mol. The van der Waals surface area contributed by atoms with Crippen molar-refractivity contribution in [2.24, 2.45) is 0 Å². The molecule has 4 heteroatoms. The quantitative estimate of drug-likeness (QED) is 0.767. The molecule has 0 spiro atoms. The molecule has 0 bridgehead atoms. The van der Waals surface area contributed by atoms with E-state index in [2.05, 4.69) is 35.2 Å². The summed E-state index contributed by atoms with van der Waals surface area (Å²) in [6.07, 6.45) is 2.24. The minimum absolute atomic E-state index is 0.772. The summed E-state index contributed by atoms with van der Waals surface area (Å²) in [6.45, 7) is 6.06. The lowest BCUT2D eigenvalue weighted by Gasteiger charge is -2.39. The molecule has 2 fully saturated rings. The molecule has 14 heavy (non-hydrogen) atoms. The van der Waals surface area contributed by atoms with E-state index >= 15 is 0 Å². The van der Waals surface area contributed by atoms with Crippen molar-refractivity contribution in [3.05, 3.63) is 0 Å². The van der Waals surface area contributed by atoms with Crippen molar-refractivity contribution in [3.63, 3.8) is 0 Å². The maximum absolute atomic E-state index is 3.52. The van der Waals surface area contributed by atoms with Gasteiger partial charge in [0, 0.05) is 48.5 Å². The van der Waals surface area contributed by atoms with Crippen LogP contribution in [0.25, 0.3) is 0 Å². The maximum atomic E-state index is 3.52. The van der Waals surface area contributed by atoms with Gasteiger partial charge in [0.25, 0.3) is 0 Å². The Morgan fingerprint density at radius 2 is 2.29 bits per heavy atom. The monoisotopic (exact) mass is 232 g/mol. The Kier molecular flexibility index (Phi) is 4.05. The summed E-state index contributed by atoms with van der Waals surface area (Å²) in [5, 5.41) is 4.33. The average Bonchev–Trinajstić information content (AvgIpc) is 2.66. The van der Waals surface area contributed by atoms with E-state index in [1.54, 1.807) is 0 Å². The third-order valence-corrected chi connectivity index (χ3v) is 5.55. The van der Waals surface area contributed by atoms with Crippen LogP contribution >= 0.6 is 23.5 Å². The Hall–Kier alpha value is 0.620. The smallest absolute Gasteiger partial charge is 0.0355 e. The summed E-state index contributed by atoms with van der Waals surface area (Å²) < 4.78 is 0. The fraction of sp³-hybridized carbons (Fsp3) is 1.00. The molecule has 1 N–H and O–H groups in total. The number of rotatable bonds is 2. The predicted molar refractivity (Wildman–Crippen MR) is 67.5 cm³/mol. The first-order valence-corrected chi connectivity index (χ1v) is 7.84. The van der Waals surface area contributed by atoms with Crippen molar-refractivity contribution >= 4 is 23.5 Å². The highest BCUT2D eigenvalue weighted by molar-refractivity contribution is 7.99. The summed E-state index contributed by atoms with van der Waals surface area (Å²) in [6, 6.07) is 1.55. The highest BCUT2D eigenvalue weighted by Crippen LogP contribution is 2.25. The largest absolute Gasteiger partial charge is 0.314 e. The Morgan fingerprint density at radius 3 is 3.00 bits per heavy atom. The molecule has 0 aliphatic carbocycles. The maximum Gasteiger partial charge on any atom is 0.0355 e. The van der Waals surface area contributed by atoms with Crippen LogP contribution < -0.4 is 5.32 Å². The van der Waals surface area contributed by atoms with Gasteiger partial charge < -0.3 is 5.32 Å². The van der Waals surface area contributed by atoms with Crippen LogP contribution in [0.4, 0.5) is 0 Å². The first-order chi connectivity index (χ1) is 6.83. The van der Waals surface area contributed by atoms with E-state index in [1.165, 1.54) is 31.1 Å².